The van der Waals surface area contributed by atoms with Gasteiger partial charge in [-0.15, -0.1) is 0 Å². The summed E-state index contributed by atoms with van der Waals surface area (Å²) in [4.78, 5) is 8.52. The average Bonchev–Trinajstić information content (AvgIpc) is 2.96. The van der Waals surface area contributed by atoms with Gasteiger partial charge >= 0.3 is 0 Å². The number of aromatic nitrogens is 4. The summed E-state index contributed by atoms with van der Waals surface area (Å²) in [6, 6.07) is 0.0236. The molecule has 18 heavy (non-hydrogen) atoms. The van der Waals surface area contributed by atoms with E-state index in [-0.39, 0.29) is 6.04 Å². The largest absolute Gasteiger partial charge is 0.336 e. The Labute approximate surface area is 107 Å². The lowest BCUT2D eigenvalue weighted by Crippen LogP contribution is -2.31. The summed E-state index contributed by atoms with van der Waals surface area (Å²) in [5.74, 6) is 6.69. The number of aryl methyl sites for hydroxylation is 2. The van der Waals surface area contributed by atoms with Crippen molar-refractivity contribution in [3.05, 3.63) is 36.4 Å². The molecule has 0 amide bonds. The third-order valence-corrected chi connectivity index (χ3v) is 3.07. The van der Waals surface area contributed by atoms with E-state index in [2.05, 4.69) is 26.9 Å². The lowest BCUT2D eigenvalue weighted by atomic mass is 10.1. The van der Waals surface area contributed by atoms with Gasteiger partial charge in [-0.05, 0) is 6.42 Å². The van der Waals surface area contributed by atoms with Crippen LogP contribution in [0.1, 0.15) is 30.9 Å². The number of hydrogen-bond donors (Lipinski definition) is 2. The van der Waals surface area contributed by atoms with Crippen molar-refractivity contribution in [1.29, 1.82) is 0 Å². The SMILES string of the molecule is CCCn1ccnc1CC(NN)c1cncn1C. The van der Waals surface area contributed by atoms with Crippen LogP contribution in [0.3, 0.4) is 0 Å². The minimum Gasteiger partial charge on any atom is -0.336 e. The van der Waals surface area contributed by atoms with Gasteiger partial charge in [-0.1, -0.05) is 6.92 Å². The zero-order valence-corrected chi connectivity index (χ0v) is 10.9. The maximum atomic E-state index is 5.65. The molecule has 0 aliphatic carbocycles. The first-order chi connectivity index (χ1) is 8.76. The molecule has 6 heteroatoms. The number of nitrogens with one attached hydrogen (secondary N) is 1. The Morgan fingerprint density at radius 3 is 2.94 bits per heavy atom. The Bertz CT molecular complexity index is 486. The van der Waals surface area contributed by atoms with Crippen molar-refractivity contribution in [3.63, 3.8) is 0 Å². The molecular weight excluding hydrogens is 228 g/mol. The number of hydrogen-bond acceptors (Lipinski definition) is 4. The van der Waals surface area contributed by atoms with E-state index in [1.165, 1.54) is 0 Å². The highest BCUT2D eigenvalue weighted by Crippen LogP contribution is 2.16. The van der Waals surface area contributed by atoms with Crippen LogP contribution in [-0.4, -0.2) is 19.1 Å². The van der Waals surface area contributed by atoms with E-state index < -0.39 is 0 Å². The minimum atomic E-state index is 0.0236. The molecule has 0 fully saturated rings. The molecule has 2 aromatic heterocycles. The number of imidazole rings is 2. The smallest absolute Gasteiger partial charge is 0.110 e. The number of hydrazine groups is 1. The fourth-order valence-corrected chi connectivity index (χ4v) is 2.11. The fraction of sp³-hybridized carbons (Fsp3) is 0.500. The Morgan fingerprint density at radius 2 is 2.33 bits per heavy atom. The average molecular weight is 248 g/mol. The highest BCUT2D eigenvalue weighted by atomic mass is 15.3. The first-order valence-corrected chi connectivity index (χ1v) is 6.18. The van der Waals surface area contributed by atoms with Crippen molar-refractivity contribution >= 4 is 0 Å². The van der Waals surface area contributed by atoms with E-state index >= 15 is 0 Å². The van der Waals surface area contributed by atoms with Gasteiger partial charge in [-0.25, -0.2) is 9.97 Å². The van der Waals surface area contributed by atoms with Crippen molar-refractivity contribution in [2.24, 2.45) is 12.9 Å². The van der Waals surface area contributed by atoms with E-state index in [0.29, 0.717) is 0 Å². The molecule has 0 radical (unpaired) electrons. The number of nitrogens with two attached hydrogens (primary N) is 1. The van der Waals surface area contributed by atoms with E-state index in [9.17, 15) is 0 Å². The summed E-state index contributed by atoms with van der Waals surface area (Å²) < 4.78 is 4.14. The van der Waals surface area contributed by atoms with Gasteiger partial charge in [-0.2, -0.15) is 0 Å². The zero-order valence-electron chi connectivity index (χ0n) is 10.9. The van der Waals surface area contributed by atoms with Crippen molar-refractivity contribution in [3.8, 4) is 0 Å². The Kier molecular flexibility index (Phi) is 4.11. The van der Waals surface area contributed by atoms with Crippen molar-refractivity contribution < 1.29 is 0 Å². The molecule has 3 N–H and O–H groups in total. The van der Waals surface area contributed by atoms with Crippen molar-refractivity contribution in [2.45, 2.75) is 32.4 Å². The van der Waals surface area contributed by atoms with Crippen LogP contribution in [0.4, 0.5) is 0 Å². The predicted molar refractivity (Wildman–Crippen MR) is 69.5 cm³/mol. The van der Waals surface area contributed by atoms with E-state index in [4.69, 9.17) is 5.84 Å². The van der Waals surface area contributed by atoms with Crippen LogP contribution < -0.4 is 11.3 Å². The van der Waals surface area contributed by atoms with Gasteiger partial charge in [0.05, 0.1) is 18.1 Å². The van der Waals surface area contributed by atoms with Crippen LogP contribution in [0.2, 0.25) is 0 Å². The topological polar surface area (TPSA) is 73.7 Å². The Morgan fingerprint density at radius 1 is 1.50 bits per heavy atom. The van der Waals surface area contributed by atoms with Crippen LogP contribution in [-0.2, 0) is 20.0 Å². The van der Waals surface area contributed by atoms with Gasteiger partial charge < -0.3 is 9.13 Å². The molecule has 2 rings (SSSR count). The third-order valence-electron chi connectivity index (χ3n) is 3.07. The van der Waals surface area contributed by atoms with Gasteiger partial charge in [-0.3, -0.25) is 11.3 Å². The monoisotopic (exact) mass is 248 g/mol. The quantitative estimate of drug-likeness (QED) is 0.585. The molecule has 0 saturated carbocycles. The second kappa shape index (κ2) is 5.79. The molecular formula is C12H20N6. The molecule has 2 aromatic rings. The molecule has 0 aromatic carbocycles. The molecule has 6 nitrogen and oxygen atoms in total. The molecule has 0 saturated heterocycles. The van der Waals surface area contributed by atoms with E-state index in [1.54, 1.807) is 6.33 Å². The molecule has 2 heterocycles. The normalized spacial score (nSPS) is 12.8. The molecule has 0 aliphatic heterocycles. The molecule has 1 unspecified atom stereocenters. The minimum absolute atomic E-state index is 0.0236. The van der Waals surface area contributed by atoms with Crippen LogP contribution in [0, 0.1) is 0 Å². The van der Waals surface area contributed by atoms with E-state index in [1.807, 2.05) is 30.2 Å². The van der Waals surface area contributed by atoms with Crippen LogP contribution in [0.25, 0.3) is 0 Å². The fourth-order valence-electron chi connectivity index (χ4n) is 2.11. The maximum absolute atomic E-state index is 5.65. The van der Waals surface area contributed by atoms with Crippen LogP contribution >= 0.6 is 0 Å². The zero-order chi connectivity index (χ0) is 13.0. The number of nitrogens with zero attached hydrogens (tertiary/aromatic N) is 4. The summed E-state index contributed by atoms with van der Waals surface area (Å²) in [6.45, 7) is 3.14. The molecule has 0 spiro atoms. The maximum Gasteiger partial charge on any atom is 0.110 e. The van der Waals surface area contributed by atoms with Crippen LogP contribution in [0.5, 0.6) is 0 Å². The first-order valence-electron chi connectivity index (χ1n) is 6.18. The van der Waals surface area contributed by atoms with Gasteiger partial charge in [0.25, 0.3) is 0 Å². The number of rotatable bonds is 6. The predicted octanol–water partition coefficient (Wildman–Crippen LogP) is 0.774. The molecule has 0 bridgehead atoms. The molecule has 0 aliphatic rings. The third kappa shape index (κ3) is 2.60. The van der Waals surface area contributed by atoms with Crippen molar-refractivity contribution in [1.82, 2.24) is 24.5 Å². The summed E-state index contributed by atoms with van der Waals surface area (Å²) >= 11 is 0. The Balaban J connectivity index is 2.15. The second-order valence-corrected chi connectivity index (χ2v) is 4.39. The summed E-state index contributed by atoms with van der Waals surface area (Å²) in [5.41, 5.74) is 3.90. The van der Waals surface area contributed by atoms with Gasteiger partial charge in [0.1, 0.15) is 5.82 Å². The van der Waals surface area contributed by atoms with Gasteiger partial charge in [0, 0.05) is 38.6 Å². The lowest BCUT2D eigenvalue weighted by Gasteiger charge is -2.16. The standard InChI is InChI=1S/C12H20N6/c1-3-5-18-6-4-15-12(18)7-10(16-13)11-8-14-9-17(11)2/h4,6,8-10,16H,3,5,7,13H2,1-2H3. The highest BCUT2D eigenvalue weighted by Gasteiger charge is 2.16. The van der Waals surface area contributed by atoms with Gasteiger partial charge in [0.15, 0.2) is 0 Å². The highest BCUT2D eigenvalue weighted by molar-refractivity contribution is 5.08. The van der Waals surface area contributed by atoms with Crippen molar-refractivity contribution in [2.75, 3.05) is 0 Å². The second-order valence-electron chi connectivity index (χ2n) is 4.39. The lowest BCUT2D eigenvalue weighted by molar-refractivity contribution is 0.494. The summed E-state index contributed by atoms with van der Waals surface area (Å²) in [5, 5.41) is 0. The van der Waals surface area contributed by atoms with Crippen LogP contribution in [0.15, 0.2) is 24.9 Å². The molecule has 98 valence electrons. The molecule has 1 atom stereocenters. The van der Waals surface area contributed by atoms with Gasteiger partial charge in [0.2, 0.25) is 0 Å². The summed E-state index contributed by atoms with van der Waals surface area (Å²) in [7, 11) is 1.96. The van der Waals surface area contributed by atoms with E-state index in [0.717, 1.165) is 30.9 Å². The summed E-state index contributed by atoms with van der Waals surface area (Å²) in [6.07, 6.45) is 9.30. The first kappa shape index (κ1) is 12.8. The Hall–Kier alpha value is -1.66.